The summed E-state index contributed by atoms with van der Waals surface area (Å²) in [6.07, 6.45) is -4.10. The van der Waals surface area contributed by atoms with Gasteiger partial charge in [-0.25, -0.2) is 0 Å². The number of hydrogen-bond donors (Lipinski definition) is 1. The summed E-state index contributed by atoms with van der Waals surface area (Å²) in [5.41, 5.74) is 1.04. The molecule has 0 bridgehead atoms. The molecule has 1 atom stereocenters. The van der Waals surface area contributed by atoms with Crippen molar-refractivity contribution in [3.05, 3.63) is 34.3 Å². The maximum Gasteiger partial charge on any atom is 0.389 e. The molecule has 0 aliphatic heterocycles. The van der Waals surface area contributed by atoms with Crippen LogP contribution in [0.25, 0.3) is 0 Å². The lowest BCUT2D eigenvalue weighted by molar-refractivity contribution is -0.136. The molecule has 1 rings (SSSR count). The smallest absolute Gasteiger partial charge is 0.317 e. The predicted octanol–water partition coefficient (Wildman–Crippen LogP) is 3.92. The van der Waals surface area contributed by atoms with E-state index < -0.39 is 12.6 Å². The quantitative estimate of drug-likeness (QED) is 0.869. The van der Waals surface area contributed by atoms with E-state index in [0.717, 1.165) is 10.0 Å². The number of hydrogen-bond acceptors (Lipinski definition) is 1. The van der Waals surface area contributed by atoms with Crippen LogP contribution in [0.2, 0.25) is 0 Å². The zero-order valence-electron chi connectivity index (χ0n) is 9.52. The molecule has 0 saturated carbocycles. The van der Waals surface area contributed by atoms with E-state index in [-0.39, 0.29) is 12.5 Å². The van der Waals surface area contributed by atoms with Gasteiger partial charge < -0.3 is 5.32 Å². The molecule has 1 N–H and O–H groups in total. The Morgan fingerprint density at radius 3 is 2.29 bits per heavy atom. The summed E-state index contributed by atoms with van der Waals surface area (Å²) in [6.45, 7) is 0. The van der Waals surface area contributed by atoms with E-state index in [1.807, 2.05) is 24.3 Å². The van der Waals surface area contributed by atoms with Gasteiger partial charge in [0.2, 0.25) is 0 Å². The third-order valence-corrected chi connectivity index (χ3v) is 3.11. The highest BCUT2D eigenvalue weighted by Crippen LogP contribution is 2.23. The molecule has 0 aromatic heterocycles. The van der Waals surface area contributed by atoms with Gasteiger partial charge in [0.05, 0.1) is 0 Å². The fourth-order valence-corrected chi connectivity index (χ4v) is 1.86. The summed E-state index contributed by atoms with van der Waals surface area (Å²) >= 11 is 3.32. The zero-order chi connectivity index (χ0) is 12.9. The van der Waals surface area contributed by atoms with E-state index in [2.05, 4.69) is 21.2 Å². The predicted molar refractivity (Wildman–Crippen MR) is 66.0 cm³/mol. The lowest BCUT2D eigenvalue weighted by Gasteiger charge is -2.17. The Hall–Kier alpha value is -0.550. The van der Waals surface area contributed by atoms with Crippen LogP contribution in [0.3, 0.4) is 0 Å². The lowest BCUT2D eigenvalue weighted by Crippen LogP contribution is -2.29. The highest BCUT2D eigenvalue weighted by molar-refractivity contribution is 9.10. The second kappa shape index (κ2) is 6.40. The van der Waals surface area contributed by atoms with Crippen molar-refractivity contribution in [2.45, 2.75) is 31.5 Å². The number of nitrogens with one attached hydrogen (secondary N) is 1. The van der Waals surface area contributed by atoms with Gasteiger partial charge in [0.25, 0.3) is 0 Å². The van der Waals surface area contributed by atoms with Crippen LogP contribution in [0.1, 0.15) is 18.4 Å². The maximum atomic E-state index is 12.1. The molecule has 1 unspecified atom stereocenters. The van der Waals surface area contributed by atoms with Crippen molar-refractivity contribution in [3.63, 3.8) is 0 Å². The molecule has 0 fully saturated rings. The fraction of sp³-hybridized carbons (Fsp3) is 0.500. The molecule has 1 aromatic carbocycles. The molecule has 0 heterocycles. The van der Waals surface area contributed by atoms with E-state index in [4.69, 9.17) is 0 Å². The molecule has 0 aliphatic carbocycles. The topological polar surface area (TPSA) is 12.0 Å². The number of likely N-dealkylation sites (N-methyl/N-ethyl adjacent to an activating group) is 1. The summed E-state index contributed by atoms with van der Waals surface area (Å²) in [5, 5.41) is 2.93. The molecule has 1 nitrogen and oxygen atoms in total. The number of benzene rings is 1. The van der Waals surface area contributed by atoms with Crippen LogP contribution in [0.4, 0.5) is 13.2 Å². The van der Waals surface area contributed by atoms with E-state index in [1.165, 1.54) is 0 Å². The Labute approximate surface area is 108 Å². The van der Waals surface area contributed by atoms with Crippen LogP contribution < -0.4 is 5.32 Å². The number of alkyl halides is 3. The van der Waals surface area contributed by atoms with E-state index in [1.54, 1.807) is 7.05 Å². The van der Waals surface area contributed by atoms with Gasteiger partial charge in [-0.3, -0.25) is 0 Å². The maximum absolute atomic E-state index is 12.1. The minimum absolute atomic E-state index is 0.107. The molecule has 5 heteroatoms. The monoisotopic (exact) mass is 309 g/mol. The fourth-order valence-electron chi connectivity index (χ4n) is 1.59. The summed E-state index contributed by atoms with van der Waals surface area (Å²) in [6, 6.07) is 7.49. The first-order valence-electron chi connectivity index (χ1n) is 5.39. The van der Waals surface area contributed by atoms with E-state index >= 15 is 0 Å². The van der Waals surface area contributed by atoms with Gasteiger partial charge in [0, 0.05) is 16.9 Å². The van der Waals surface area contributed by atoms with Crippen LogP contribution in [0.5, 0.6) is 0 Å². The summed E-state index contributed by atoms with van der Waals surface area (Å²) < 4.78 is 37.3. The first-order chi connectivity index (χ1) is 7.90. The van der Waals surface area contributed by atoms with Crippen molar-refractivity contribution in [2.24, 2.45) is 0 Å². The van der Waals surface area contributed by atoms with Crippen LogP contribution in [0.15, 0.2) is 28.7 Å². The Morgan fingerprint density at radius 1 is 1.24 bits per heavy atom. The second-order valence-corrected chi connectivity index (χ2v) is 4.89. The van der Waals surface area contributed by atoms with Gasteiger partial charge >= 0.3 is 6.18 Å². The summed E-state index contributed by atoms with van der Waals surface area (Å²) in [7, 11) is 1.69. The number of halogens is 4. The van der Waals surface area contributed by atoms with Crippen molar-refractivity contribution in [3.8, 4) is 0 Å². The molecule has 1 aromatic rings. The molecule has 0 spiro atoms. The largest absolute Gasteiger partial charge is 0.389 e. The van der Waals surface area contributed by atoms with Gasteiger partial charge in [-0.1, -0.05) is 28.1 Å². The van der Waals surface area contributed by atoms with E-state index in [9.17, 15) is 13.2 Å². The van der Waals surface area contributed by atoms with Crippen LogP contribution >= 0.6 is 15.9 Å². The molecule has 96 valence electrons. The first kappa shape index (κ1) is 14.5. The highest BCUT2D eigenvalue weighted by atomic mass is 79.9. The van der Waals surface area contributed by atoms with Gasteiger partial charge in [-0.15, -0.1) is 0 Å². The van der Waals surface area contributed by atoms with Gasteiger partial charge in [-0.2, -0.15) is 13.2 Å². The first-order valence-corrected chi connectivity index (χ1v) is 6.18. The third-order valence-electron chi connectivity index (χ3n) is 2.58. The van der Waals surface area contributed by atoms with Crippen molar-refractivity contribution >= 4 is 15.9 Å². The molecule has 0 saturated heterocycles. The Bertz CT molecular complexity index is 335. The molecular weight excluding hydrogens is 295 g/mol. The standard InChI is InChI=1S/C12H15BrF3N/c1-17-11(6-7-12(14,15)16)8-9-2-4-10(13)5-3-9/h2-5,11,17H,6-8H2,1H3. The summed E-state index contributed by atoms with van der Waals surface area (Å²) in [4.78, 5) is 0. The van der Waals surface area contributed by atoms with Crippen molar-refractivity contribution in [1.29, 1.82) is 0 Å². The summed E-state index contributed by atoms with van der Waals surface area (Å²) in [5.74, 6) is 0. The Balaban J connectivity index is 2.49. The Morgan fingerprint density at radius 2 is 1.82 bits per heavy atom. The SMILES string of the molecule is CNC(CCC(F)(F)F)Cc1ccc(Br)cc1. The third kappa shape index (κ3) is 6.07. The highest BCUT2D eigenvalue weighted by Gasteiger charge is 2.27. The second-order valence-electron chi connectivity index (χ2n) is 3.97. The molecule has 0 radical (unpaired) electrons. The molecule has 0 aliphatic rings. The normalized spacial score (nSPS) is 13.7. The minimum atomic E-state index is -4.07. The molecule has 0 amide bonds. The average Bonchev–Trinajstić information content (AvgIpc) is 2.25. The van der Waals surface area contributed by atoms with Crippen molar-refractivity contribution < 1.29 is 13.2 Å². The lowest BCUT2D eigenvalue weighted by atomic mass is 10.0. The van der Waals surface area contributed by atoms with Crippen LogP contribution in [0, 0.1) is 0 Å². The van der Waals surface area contributed by atoms with E-state index in [0.29, 0.717) is 6.42 Å². The van der Waals surface area contributed by atoms with Crippen LogP contribution in [-0.4, -0.2) is 19.3 Å². The van der Waals surface area contributed by atoms with Gasteiger partial charge in [0.1, 0.15) is 0 Å². The van der Waals surface area contributed by atoms with Gasteiger partial charge in [-0.05, 0) is 37.6 Å². The van der Waals surface area contributed by atoms with Crippen molar-refractivity contribution in [2.75, 3.05) is 7.05 Å². The van der Waals surface area contributed by atoms with Gasteiger partial charge in [0.15, 0.2) is 0 Å². The average molecular weight is 310 g/mol. The minimum Gasteiger partial charge on any atom is -0.317 e. The van der Waals surface area contributed by atoms with Crippen molar-refractivity contribution in [1.82, 2.24) is 5.32 Å². The molecular formula is C12H15BrF3N. The number of rotatable bonds is 5. The van der Waals surface area contributed by atoms with Crippen LogP contribution in [-0.2, 0) is 6.42 Å². The zero-order valence-corrected chi connectivity index (χ0v) is 11.1. The molecule has 17 heavy (non-hydrogen) atoms. The Kier molecular flexibility index (Phi) is 5.46.